The Hall–Kier alpha value is -2.36. The van der Waals surface area contributed by atoms with Crippen LogP contribution < -0.4 is 5.32 Å². The average molecular weight is 279 g/mol. The van der Waals surface area contributed by atoms with Gasteiger partial charge in [0.2, 0.25) is 0 Å². The van der Waals surface area contributed by atoms with Gasteiger partial charge in [0, 0.05) is 23.7 Å². The molecule has 0 saturated heterocycles. The monoisotopic (exact) mass is 279 g/mol. The number of rotatable bonds is 2. The summed E-state index contributed by atoms with van der Waals surface area (Å²) >= 11 is 0. The first-order valence-electron chi connectivity index (χ1n) is 7.41. The van der Waals surface area contributed by atoms with Crippen LogP contribution in [0.4, 0.5) is 5.82 Å². The Kier molecular flexibility index (Phi) is 2.88. The van der Waals surface area contributed by atoms with Gasteiger partial charge in [0.05, 0.1) is 5.56 Å². The van der Waals surface area contributed by atoms with E-state index in [1.807, 2.05) is 25.2 Å². The van der Waals surface area contributed by atoms with Crippen LogP contribution in [0.2, 0.25) is 0 Å². The molecule has 2 aromatic heterocycles. The average Bonchev–Trinajstić information content (AvgIpc) is 2.98. The van der Waals surface area contributed by atoms with Crippen LogP contribution in [-0.4, -0.2) is 17.0 Å². The summed E-state index contributed by atoms with van der Waals surface area (Å²) < 4.78 is 5.62. The number of aromatic nitrogens is 2. The Morgan fingerprint density at radius 1 is 1.10 bits per heavy atom. The van der Waals surface area contributed by atoms with Gasteiger partial charge in [0.15, 0.2) is 5.82 Å². The molecule has 1 aliphatic carbocycles. The summed E-state index contributed by atoms with van der Waals surface area (Å²) in [7, 11) is 1.93. The summed E-state index contributed by atoms with van der Waals surface area (Å²) in [6.07, 6.45) is 6.29. The van der Waals surface area contributed by atoms with Crippen molar-refractivity contribution in [1.82, 2.24) is 9.97 Å². The largest absolute Gasteiger partial charge is 0.464 e. The summed E-state index contributed by atoms with van der Waals surface area (Å²) in [6, 6.07) is 8.01. The van der Waals surface area contributed by atoms with Crippen molar-refractivity contribution in [3.05, 3.63) is 41.8 Å². The third kappa shape index (κ3) is 1.98. The highest BCUT2D eigenvalue weighted by Gasteiger charge is 2.19. The van der Waals surface area contributed by atoms with Crippen molar-refractivity contribution in [3.63, 3.8) is 0 Å². The van der Waals surface area contributed by atoms with Crippen molar-refractivity contribution >= 4 is 16.8 Å². The Labute approximate surface area is 123 Å². The van der Waals surface area contributed by atoms with Gasteiger partial charge in [-0.2, -0.15) is 0 Å². The normalized spacial score (nSPS) is 14.1. The Balaban J connectivity index is 1.92. The van der Waals surface area contributed by atoms with E-state index in [1.54, 1.807) is 6.26 Å². The van der Waals surface area contributed by atoms with Crippen LogP contribution in [0.1, 0.15) is 24.1 Å². The van der Waals surface area contributed by atoms with Gasteiger partial charge in [-0.1, -0.05) is 18.2 Å². The van der Waals surface area contributed by atoms with Gasteiger partial charge in [-0.15, -0.1) is 0 Å². The minimum absolute atomic E-state index is 0.755. The quantitative estimate of drug-likeness (QED) is 0.775. The molecule has 1 N–H and O–H groups in total. The van der Waals surface area contributed by atoms with E-state index in [2.05, 4.69) is 11.4 Å². The second-order valence-electron chi connectivity index (χ2n) is 5.42. The molecule has 4 rings (SSSR count). The molecule has 0 radical (unpaired) electrons. The Morgan fingerprint density at radius 3 is 2.86 bits per heavy atom. The molecule has 106 valence electrons. The lowest BCUT2D eigenvalue weighted by atomic mass is 9.96. The molecule has 1 aliphatic rings. The number of furan rings is 1. The number of nitrogens with one attached hydrogen (secondary N) is 1. The van der Waals surface area contributed by atoms with E-state index in [9.17, 15) is 0 Å². The molecule has 4 nitrogen and oxygen atoms in total. The van der Waals surface area contributed by atoms with E-state index >= 15 is 0 Å². The molecular formula is C17H17N3O. The van der Waals surface area contributed by atoms with Crippen molar-refractivity contribution in [3.8, 4) is 11.4 Å². The first-order valence-corrected chi connectivity index (χ1v) is 7.41. The standard InChI is InChI=1S/C17H17N3O/c1-18-16-12-7-2-4-8-14(12)19-17(20-16)13-10-21-15-9-5-3-6-11(13)15/h3,5-6,9-10H,2,4,7-8H2,1H3,(H,18,19,20). The topological polar surface area (TPSA) is 51.0 Å². The summed E-state index contributed by atoms with van der Waals surface area (Å²) in [5, 5.41) is 4.29. The number of benzene rings is 1. The van der Waals surface area contributed by atoms with E-state index in [1.165, 1.54) is 24.1 Å². The Morgan fingerprint density at radius 2 is 1.95 bits per heavy atom. The number of fused-ring (bicyclic) bond motifs is 2. The molecule has 0 aliphatic heterocycles. The molecule has 0 atom stereocenters. The SMILES string of the molecule is CNc1nc(-c2coc3ccccc23)nc2c1CCCC2. The van der Waals surface area contributed by atoms with Gasteiger partial charge in [0.1, 0.15) is 17.7 Å². The minimum Gasteiger partial charge on any atom is -0.464 e. The number of hydrogen-bond donors (Lipinski definition) is 1. The van der Waals surface area contributed by atoms with E-state index in [0.717, 1.165) is 41.0 Å². The zero-order valence-electron chi connectivity index (χ0n) is 12.0. The van der Waals surface area contributed by atoms with Gasteiger partial charge in [-0.05, 0) is 31.7 Å². The molecule has 0 amide bonds. The Bertz CT molecular complexity index is 790. The number of aryl methyl sites for hydroxylation is 1. The van der Waals surface area contributed by atoms with Gasteiger partial charge in [-0.25, -0.2) is 9.97 Å². The first kappa shape index (κ1) is 12.4. The fraction of sp³-hybridized carbons (Fsp3) is 0.294. The van der Waals surface area contributed by atoms with E-state index in [-0.39, 0.29) is 0 Å². The highest BCUT2D eigenvalue weighted by atomic mass is 16.3. The summed E-state index contributed by atoms with van der Waals surface area (Å²) in [5.41, 5.74) is 4.30. The lowest BCUT2D eigenvalue weighted by Crippen LogP contribution is -2.11. The molecule has 0 saturated carbocycles. The van der Waals surface area contributed by atoms with E-state index in [0.29, 0.717) is 0 Å². The van der Waals surface area contributed by atoms with Crippen LogP contribution in [0, 0.1) is 0 Å². The highest BCUT2D eigenvalue weighted by molar-refractivity contribution is 5.92. The second kappa shape index (κ2) is 4.88. The van der Waals surface area contributed by atoms with Gasteiger partial charge in [-0.3, -0.25) is 0 Å². The van der Waals surface area contributed by atoms with E-state index < -0.39 is 0 Å². The molecule has 2 heterocycles. The molecular weight excluding hydrogens is 262 g/mol. The van der Waals surface area contributed by atoms with Crippen LogP contribution in [0.15, 0.2) is 34.9 Å². The highest BCUT2D eigenvalue weighted by Crippen LogP contribution is 2.32. The number of hydrogen-bond acceptors (Lipinski definition) is 4. The van der Waals surface area contributed by atoms with Gasteiger partial charge in [0.25, 0.3) is 0 Å². The van der Waals surface area contributed by atoms with Crippen LogP contribution >= 0.6 is 0 Å². The second-order valence-corrected chi connectivity index (χ2v) is 5.42. The zero-order chi connectivity index (χ0) is 14.2. The number of nitrogens with zero attached hydrogens (tertiary/aromatic N) is 2. The fourth-order valence-electron chi connectivity index (χ4n) is 3.07. The van der Waals surface area contributed by atoms with Crippen molar-refractivity contribution in [2.45, 2.75) is 25.7 Å². The van der Waals surface area contributed by atoms with Crippen LogP contribution in [0.25, 0.3) is 22.4 Å². The maximum Gasteiger partial charge on any atom is 0.165 e. The summed E-state index contributed by atoms with van der Waals surface area (Å²) in [4.78, 5) is 9.52. The van der Waals surface area contributed by atoms with Crippen LogP contribution in [-0.2, 0) is 12.8 Å². The maximum atomic E-state index is 5.62. The molecule has 4 heteroatoms. The fourth-order valence-corrected chi connectivity index (χ4v) is 3.07. The lowest BCUT2D eigenvalue weighted by Gasteiger charge is -2.18. The van der Waals surface area contributed by atoms with Crippen molar-refractivity contribution < 1.29 is 4.42 Å². The first-order chi connectivity index (χ1) is 10.4. The van der Waals surface area contributed by atoms with Crippen LogP contribution in [0.5, 0.6) is 0 Å². The minimum atomic E-state index is 0.755. The molecule has 3 aromatic rings. The molecule has 0 fully saturated rings. The van der Waals surface area contributed by atoms with Gasteiger partial charge < -0.3 is 9.73 Å². The van der Waals surface area contributed by atoms with Gasteiger partial charge >= 0.3 is 0 Å². The molecule has 21 heavy (non-hydrogen) atoms. The molecule has 0 bridgehead atoms. The van der Waals surface area contributed by atoms with Crippen molar-refractivity contribution in [2.24, 2.45) is 0 Å². The van der Waals surface area contributed by atoms with Crippen LogP contribution in [0.3, 0.4) is 0 Å². The number of anilines is 1. The third-order valence-corrected chi connectivity index (χ3v) is 4.14. The lowest BCUT2D eigenvalue weighted by molar-refractivity contribution is 0.616. The molecule has 1 aromatic carbocycles. The third-order valence-electron chi connectivity index (χ3n) is 4.14. The zero-order valence-corrected chi connectivity index (χ0v) is 12.0. The molecule has 0 unspecified atom stereocenters. The van der Waals surface area contributed by atoms with Crippen molar-refractivity contribution in [1.29, 1.82) is 0 Å². The smallest absolute Gasteiger partial charge is 0.165 e. The summed E-state index contributed by atoms with van der Waals surface area (Å²) in [6.45, 7) is 0. The predicted molar refractivity (Wildman–Crippen MR) is 83.4 cm³/mol. The number of para-hydroxylation sites is 1. The molecule has 0 spiro atoms. The maximum absolute atomic E-state index is 5.62. The van der Waals surface area contributed by atoms with Crippen molar-refractivity contribution in [2.75, 3.05) is 12.4 Å². The van der Waals surface area contributed by atoms with E-state index in [4.69, 9.17) is 14.4 Å². The summed E-state index contributed by atoms with van der Waals surface area (Å²) in [5.74, 6) is 1.71. The predicted octanol–water partition coefficient (Wildman–Crippen LogP) is 3.81.